The third-order valence-electron chi connectivity index (χ3n) is 3.65. The summed E-state index contributed by atoms with van der Waals surface area (Å²) >= 11 is 0. The van der Waals surface area contributed by atoms with Crippen molar-refractivity contribution in [2.45, 2.75) is 39.2 Å². The summed E-state index contributed by atoms with van der Waals surface area (Å²) in [6, 6.07) is 3.79. The summed E-state index contributed by atoms with van der Waals surface area (Å²) in [4.78, 5) is 12.7. The van der Waals surface area contributed by atoms with Gasteiger partial charge in [-0.1, -0.05) is 0 Å². The molecule has 1 unspecified atom stereocenters. The standard InChI is InChI=1S/C13H19N3O2/c1-9-7-13(16(17)18)11(14)8-12(9)15-6-4-3-5-10(15)2/h7-8,10H,3-6,14H2,1-2H3. The summed E-state index contributed by atoms with van der Waals surface area (Å²) < 4.78 is 0. The highest BCUT2D eigenvalue weighted by Gasteiger charge is 2.22. The molecule has 1 atom stereocenters. The van der Waals surface area contributed by atoms with Crippen molar-refractivity contribution in [2.24, 2.45) is 0 Å². The first-order valence-corrected chi connectivity index (χ1v) is 6.32. The van der Waals surface area contributed by atoms with Crippen LogP contribution in [0.5, 0.6) is 0 Å². The molecule has 0 saturated carbocycles. The van der Waals surface area contributed by atoms with Crippen molar-refractivity contribution in [3.63, 3.8) is 0 Å². The number of nitrogens with zero attached hydrogens (tertiary/aromatic N) is 2. The Labute approximate surface area is 107 Å². The molecule has 1 aromatic rings. The molecule has 0 radical (unpaired) electrons. The van der Waals surface area contributed by atoms with Crippen LogP contribution in [0.1, 0.15) is 31.7 Å². The molecule has 0 spiro atoms. The van der Waals surface area contributed by atoms with Crippen LogP contribution in [0.25, 0.3) is 0 Å². The minimum atomic E-state index is -0.425. The fraction of sp³-hybridized carbons (Fsp3) is 0.538. The molecule has 1 aromatic carbocycles. The van der Waals surface area contributed by atoms with Crippen molar-refractivity contribution in [2.75, 3.05) is 17.2 Å². The van der Waals surface area contributed by atoms with E-state index in [1.54, 1.807) is 12.1 Å². The Morgan fingerprint density at radius 1 is 1.44 bits per heavy atom. The summed E-state index contributed by atoms with van der Waals surface area (Å²) in [7, 11) is 0. The molecule has 2 N–H and O–H groups in total. The van der Waals surface area contributed by atoms with Crippen molar-refractivity contribution in [1.82, 2.24) is 0 Å². The second-order valence-electron chi connectivity index (χ2n) is 4.99. The van der Waals surface area contributed by atoms with Crippen molar-refractivity contribution in [3.05, 3.63) is 27.8 Å². The van der Waals surface area contributed by atoms with Crippen molar-refractivity contribution < 1.29 is 4.92 Å². The van der Waals surface area contributed by atoms with Gasteiger partial charge in [0.15, 0.2) is 0 Å². The third kappa shape index (κ3) is 2.25. The van der Waals surface area contributed by atoms with Crippen molar-refractivity contribution in [1.29, 1.82) is 0 Å². The second kappa shape index (κ2) is 4.84. The Balaban J connectivity index is 2.39. The first-order valence-electron chi connectivity index (χ1n) is 6.32. The lowest BCUT2D eigenvalue weighted by Crippen LogP contribution is -2.37. The molecule has 1 aliphatic rings. The number of benzene rings is 1. The van der Waals surface area contributed by atoms with Crippen molar-refractivity contribution in [3.8, 4) is 0 Å². The maximum Gasteiger partial charge on any atom is 0.292 e. The van der Waals surface area contributed by atoms with Crippen LogP contribution in [0.2, 0.25) is 0 Å². The number of nitro groups is 1. The Morgan fingerprint density at radius 3 is 2.78 bits per heavy atom. The molecule has 1 aliphatic heterocycles. The number of hydrogen-bond acceptors (Lipinski definition) is 4. The van der Waals surface area contributed by atoms with Gasteiger partial charge in [0, 0.05) is 24.3 Å². The summed E-state index contributed by atoms with van der Waals surface area (Å²) in [6.45, 7) is 5.10. The van der Waals surface area contributed by atoms with E-state index in [9.17, 15) is 10.1 Å². The van der Waals surface area contributed by atoms with Gasteiger partial charge in [0.05, 0.1) is 4.92 Å². The molecule has 1 fully saturated rings. The maximum atomic E-state index is 10.8. The van der Waals surface area contributed by atoms with E-state index >= 15 is 0 Å². The zero-order valence-electron chi connectivity index (χ0n) is 10.8. The number of piperidine rings is 1. The first kappa shape index (κ1) is 12.7. The monoisotopic (exact) mass is 249 g/mol. The fourth-order valence-corrected chi connectivity index (χ4v) is 2.62. The maximum absolute atomic E-state index is 10.8. The van der Waals surface area contributed by atoms with E-state index in [-0.39, 0.29) is 11.4 Å². The van der Waals surface area contributed by atoms with Gasteiger partial charge in [-0.05, 0) is 44.7 Å². The lowest BCUT2D eigenvalue weighted by atomic mass is 10.0. The molecule has 1 saturated heterocycles. The summed E-state index contributed by atoms with van der Waals surface area (Å²) in [5.74, 6) is 0. The third-order valence-corrected chi connectivity index (χ3v) is 3.65. The van der Waals surface area contributed by atoms with Crippen LogP contribution in [-0.4, -0.2) is 17.5 Å². The van der Waals surface area contributed by atoms with Gasteiger partial charge < -0.3 is 10.6 Å². The highest BCUT2D eigenvalue weighted by atomic mass is 16.6. The Morgan fingerprint density at radius 2 is 2.17 bits per heavy atom. The number of nitrogen functional groups attached to an aromatic ring is 1. The van der Waals surface area contributed by atoms with E-state index in [4.69, 9.17) is 5.73 Å². The van der Waals surface area contributed by atoms with Crippen LogP contribution in [0, 0.1) is 17.0 Å². The molecule has 0 amide bonds. The minimum Gasteiger partial charge on any atom is -0.393 e. The Kier molecular flexibility index (Phi) is 3.41. The molecule has 5 nitrogen and oxygen atoms in total. The normalized spacial score (nSPS) is 19.9. The topological polar surface area (TPSA) is 72.4 Å². The SMILES string of the molecule is Cc1cc([N+](=O)[O-])c(N)cc1N1CCCCC1C. The van der Waals surface area contributed by atoms with Gasteiger partial charge in [0.1, 0.15) is 5.69 Å². The quantitative estimate of drug-likeness (QED) is 0.497. The van der Waals surface area contributed by atoms with Gasteiger partial charge >= 0.3 is 0 Å². The van der Waals surface area contributed by atoms with Gasteiger partial charge in [-0.3, -0.25) is 10.1 Å². The van der Waals surface area contributed by atoms with E-state index < -0.39 is 4.92 Å². The van der Waals surface area contributed by atoms with Crippen LogP contribution in [-0.2, 0) is 0 Å². The molecular weight excluding hydrogens is 230 g/mol. The van der Waals surface area contributed by atoms with Gasteiger partial charge in [-0.2, -0.15) is 0 Å². The van der Waals surface area contributed by atoms with Crippen LogP contribution >= 0.6 is 0 Å². The van der Waals surface area contributed by atoms with E-state index in [0.717, 1.165) is 24.2 Å². The summed E-state index contributed by atoms with van der Waals surface area (Å²) in [5.41, 5.74) is 7.98. The minimum absolute atomic E-state index is 0.000845. The average Bonchev–Trinajstić information content (AvgIpc) is 2.32. The molecule has 5 heteroatoms. The molecule has 0 aliphatic carbocycles. The van der Waals surface area contributed by atoms with E-state index in [1.807, 2.05) is 6.92 Å². The van der Waals surface area contributed by atoms with Gasteiger partial charge in [-0.15, -0.1) is 0 Å². The van der Waals surface area contributed by atoms with Gasteiger partial charge in [0.2, 0.25) is 0 Å². The van der Waals surface area contributed by atoms with E-state index in [0.29, 0.717) is 6.04 Å². The number of anilines is 2. The molecular formula is C13H19N3O2. The smallest absolute Gasteiger partial charge is 0.292 e. The number of rotatable bonds is 2. The Hall–Kier alpha value is -1.78. The number of nitro benzene ring substituents is 1. The lowest BCUT2D eigenvalue weighted by molar-refractivity contribution is -0.383. The summed E-state index contributed by atoms with van der Waals surface area (Å²) in [5, 5.41) is 10.8. The average molecular weight is 249 g/mol. The van der Waals surface area contributed by atoms with Gasteiger partial charge in [0.25, 0.3) is 5.69 Å². The predicted octanol–water partition coefficient (Wildman–Crippen LogP) is 2.86. The molecule has 18 heavy (non-hydrogen) atoms. The molecule has 1 heterocycles. The zero-order valence-corrected chi connectivity index (χ0v) is 10.8. The Bertz CT molecular complexity index is 474. The highest BCUT2D eigenvalue weighted by Crippen LogP contribution is 2.33. The molecule has 0 bridgehead atoms. The molecule has 0 aromatic heterocycles. The lowest BCUT2D eigenvalue weighted by Gasteiger charge is -2.36. The predicted molar refractivity (Wildman–Crippen MR) is 72.9 cm³/mol. The number of hydrogen-bond donors (Lipinski definition) is 1. The number of nitrogens with two attached hydrogens (primary N) is 1. The van der Waals surface area contributed by atoms with Crippen LogP contribution in [0.3, 0.4) is 0 Å². The molecule has 2 rings (SSSR count). The second-order valence-corrected chi connectivity index (χ2v) is 4.99. The van der Waals surface area contributed by atoms with Gasteiger partial charge in [-0.25, -0.2) is 0 Å². The largest absolute Gasteiger partial charge is 0.393 e. The number of aryl methyl sites for hydroxylation is 1. The van der Waals surface area contributed by atoms with Crippen LogP contribution < -0.4 is 10.6 Å². The fourth-order valence-electron chi connectivity index (χ4n) is 2.62. The van der Waals surface area contributed by atoms with Crippen LogP contribution in [0.15, 0.2) is 12.1 Å². The summed E-state index contributed by atoms with van der Waals surface area (Å²) in [6.07, 6.45) is 3.58. The molecule has 98 valence electrons. The van der Waals surface area contributed by atoms with E-state index in [1.165, 1.54) is 12.8 Å². The highest BCUT2D eigenvalue weighted by molar-refractivity contribution is 5.70. The first-order chi connectivity index (χ1) is 8.50. The van der Waals surface area contributed by atoms with Crippen molar-refractivity contribution >= 4 is 17.1 Å². The zero-order chi connectivity index (χ0) is 13.3. The van der Waals surface area contributed by atoms with Crippen LogP contribution in [0.4, 0.5) is 17.1 Å². The van der Waals surface area contributed by atoms with E-state index in [2.05, 4.69) is 11.8 Å².